The minimum absolute atomic E-state index is 0.664. The molecule has 3 nitrogen and oxygen atoms in total. The van der Waals surface area contributed by atoms with Gasteiger partial charge in [0.1, 0.15) is 0 Å². The van der Waals surface area contributed by atoms with Gasteiger partial charge >= 0.3 is 0 Å². The summed E-state index contributed by atoms with van der Waals surface area (Å²) in [4.78, 5) is 0. The van der Waals surface area contributed by atoms with Gasteiger partial charge in [0.05, 0.1) is 0 Å². The van der Waals surface area contributed by atoms with Crippen LogP contribution < -0.4 is 5.32 Å². The summed E-state index contributed by atoms with van der Waals surface area (Å²) in [5.41, 5.74) is 0. The van der Waals surface area contributed by atoms with E-state index in [0.29, 0.717) is 6.61 Å². The van der Waals surface area contributed by atoms with Gasteiger partial charge in [0.2, 0.25) is 0 Å². The Bertz CT molecular complexity index is 109. The van der Waals surface area contributed by atoms with Crippen molar-refractivity contribution in [1.29, 1.82) is 0 Å². The quantitative estimate of drug-likeness (QED) is 0.559. The highest BCUT2D eigenvalue weighted by molar-refractivity contribution is 7.84. The summed E-state index contributed by atoms with van der Waals surface area (Å²) in [6, 6.07) is 0. The second-order valence-corrected chi connectivity index (χ2v) is 3.99. The molecule has 0 heterocycles. The van der Waals surface area contributed by atoms with Gasteiger partial charge in [-0.15, -0.1) is 0 Å². The molecule has 0 saturated carbocycles. The average Bonchev–Trinajstić information content (AvgIpc) is 2.01. The Morgan fingerprint density at radius 3 is 2.73 bits per heavy atom. The van der Waals surface area contributed by atoms with Gasteiger partial charge in [-0.05, 0) is 13.5 Å². The van der Waals surface area contributed by atoms with Crippen molar-refractivity contribution in [3.8, 4) is 0 Å². The van der Waals surface area contributed by atoms with E-state index >= 15 is 0 Å². The monoisotopic (exact) mass is 179 g/mol. The van der Waals surface area contributed by atoms with E-state index in [0.717, 1.165) is 24.5 Å². The van der Waals surface area contributed by atoms with E-state index in [2.05, 4.69) is 5.32 Å². The van der Waals surface area contributed by atoms with Crippen molar-refractivity contribution >= 4 is 10.8 Å². The molecule has 11 heavy (non-hydrogen) atoms. The van der Waals surface area contributed by atoms with Gasteiger partial charge in [-0.25, -0.2) is 0 Å². The predicted molar refractivity (Wildman–Crippen MR) is 48.3 cm³/mol. The zero-order chi connectivity index (χ0) is 8.53. The molecule has 1 atom stereocenters. The van der Waals surface area contributed by atoms with Crippen molar-refractivity contribution in [2.75, 3.05) is 38.8 Å². The van der Waals surface area contributed by atoms with E-state index in [-0.39, 0.29) is 0 Å². The molecule has 1 unspecified atom stereocenters. The first-order valence-corrected chi connectivity index (χ1v) is 5.28. The third kappa shape index (κ3) is 7.97. The lowest BCUT2D eigenvalue weighted by Crippen LogP contribution is -2.17. The molecule has 0 aromatic rings. The minimum atomic E-state index is -0.664. The lowest BCUT2D eigenvalue weighted by atomic mass is 10.5. The zero-order valence-electron chi connectivity index (χ0n) is 7.26. The predicted octanol–water partition coefficient (Wildman–Crippen LogP) is -0.00900. The van der Waals surface area contributed by atoms with Crippen LogP contribution in [0.1, 0.15) is 6.42 Å². The van der Waals surface area contributed by atoms with Gasteiger partial charge in [0, 0.05) is 42.6 Å². The highest BCUT2D eigenvalue weighted by atomic mass is 32.2. The Morgan fingerprint density at radius 2 is 2.18 bits per heavy atom. The maximum absolute atomic E-state index is 11.1. The van der Waals surface area contributed by atoms with E-state index < -0.39 is 10.8 Å². The van der Waals surface area contributed by atoms with Crippen LogP contribution in [0.15, 0.2) is 0 Å². The van der Waals surface area contributed by atoms with Crippen LogP contribution in [0, 0.1) is 0 Å². The van der Waals surface area contributed by atoms with Crippen molar-refractivity contribution < 1.29 is 8.95 Å². The van der Waals surface area contributed by atoms with Crippen LogP contribution in [0.2, 0.25) is 0 Å². The van der Waals surface area contributed by atoms with E-state index in [4.69, 9.17) is 4.74 Å². The van der Waals surface area contributed by atoms with Crippen LogP contribution in [0.4, 0.5) is 0 Å². The lowest BCUT2D eigenvalue weighted by Gasteiger charge is -2.00. The van der Waals surface area contributed by atoms with Crippen LogP contribution >= 0.6 is 0 Å². The van der Waals surface area contributed by atoms with Crippen molar-refractivity contribution in [3.63, 3.8) is 0 Å². The summed E-state index contributed by atoms with van der Waals surface area (Å²) in [6.07, 6.45) is 0.896. The largest absolute Gasteiger partial charge is 0.385 e. The standard InChI is InChI=1S/C7H17NO2S/c1-8-4-7-11(9)6-3-5-10-2/h8H,3-7H2,1-2H3. The smallest absolute Gasteiger partial charge is 0.0471 e. The number of nitrogens with one attached hydrogen (secondary N) is 1. The molecule has 68 valence electrons. The van der Waals surface area contributed by atoms with Gasteiger partial charge < -0.3 is 10.1 Å². The van der Waals surface area contributed by atoms with Crippen LogP contribution in [-0.4, -0.2) is 43.0 Å². The molecule has 0 amide bonds. The Balaban J connectivity index is 3.09. The van der Waals surface area contributed by atoms with E-state index in [1.54, 1.807) is 7.11 Å². The molecule has 4 heteroatoms. The molecule has 0 aromatic heterocycles. The van der Waals surface area contributed by atoms with Crippen molar-refractivity contribution in [2.45, 2.75) is 6.42 Å². The van der Waals surface area contributed by atoms with E-state index in [1.165, 1.54) is 0 Å². The maximum Gasteiger partial charge on any atom is 0.0471 e. The van der Waals surface area contributed by atoms with Crippen molar-refractivity contribution in [2.24, 2.45) is 0 Å². The summed E-state index contributed by atoms with van der Waals surface area (Å²) >= 11 is 0. The Morgan fingerprint density at radius 1 is 1.45 bits per heavy atom. The number of hydrogen-bond donors (Lipinski definition) is 1. The summed E-state index contributed by atoms with van der Waals surface area (Å²) in [5, 5.41) is 2.96. The molecule has 0 aliphatic rings. The summed E-state index contributed by atoms with van der Waals surface area (Å²) in [6.45, 7) is 1.55. The van der Waals surface area contributed by atoms with Crippen molar-refractivity contribution in [3.05, 3.63) is 0 Å². The Hall–Kier alpha value is 0.0700. The third-order valence-electron chi connectivity index (χ3n) is 1.30. The molecule has 0 rings (SSSR count). The molecule has 0 saturated heterocycles. The van der Waals surface area contributed by atoms with Gasteiger partial charge in [-0.3, -0.25) is 4.21 Å². The SMILES string of the molecule is CNCCS(=O)CCCOC. The number of rotatable bonds is 7. The minimum Gasteiger partial charge on any atom is -0.385 e. The van der Waals surface area contributed by atoms with Crippen LogP contribution in [0.25, 0.3) is 0 Å². The molecular formula is C7H17NO2S. The first-order valence-electron chi connectivity index (χ1n) is 3.79. The van der Waals surface area contributed by atoms with Gasteiger partial charge in [-0.1, -0.05) is 0 Å². The Kier molecular flexibility index (Phi) is 8.22. The first-order chi connectivity index (χ1) is 5.31. The average molecular weight is 179 g/mol. The first kappa shape index (κ1) is 11.1. The van der Waals surface area contributed by atoms with E-state index in [9.17, 15) is 4.21 Å². The van der Waals surface area contributed by atoms with Crippen LogP contribution in [0.3, 0.4) is 0 Å². The molecule has 0 aromatic carbocycles. The zero-order valence-corrected chi connectivity index (χ0v) is 8.08. The van der Waals surface area contributed by atoms with Crippen LogP contribution in [-0.2, 0) is 15.5 Å². The number of hydrogen-bond acceptors (Lipinski definition) is 3. The second kappa shape index (κ2) is 8.17. The highest BCUT2D eigenvalue weighted by Gasteiger charge is 1.97. The van der Waals surface area contributed by atoms with Gasteiger partial charge in [-0.2, -0.15) is 0 Å². The normalized spacial score (nSPS) is 13.3. The maximum atomic E-state index is 11.1. The molecular weight excluding hydrogens is 162 g/mol. The molecule has 1 N–H and O–H groups in total. The molecule has 0 aliphatic carbocycles. The summed E-state index contributed by atoms with van der Waals surface area (Å²) < 4.78 is 15.9. The fourth-order valence-corrected chi connectivity index (χ4v) is 1.76. The lowest BCUT2D eigenvalue weighted by molar-refractivity contribution is 0.200. The Labute approximate surface area is 71.0 Å². The molecule has 0 radical (unpaired) electrons. The van der Waals surface area contributed by atoms with Crippen LogP contribution in [0.5, 0.6) is 0 Å². The fourth-order valence-electron chi connectivity index (χ4n) is 0.682. The second-order valence-electron chi connectivity index (χ2n) is 2.30. The van der Waals surface area contributed by atoms with E-state index in [1.807, 2.05) is 7.05 Å². The number of ether oxygens (including phenoxy) is 1. The highest BCUT2D eigenvalue weighted by Crippen LogP contribution is 1.87. The fraction of sp³-hybridized carbons (Fsp3) is 1.00. The molecule has 0 spiro atoms. The van der Waals surface area contributed by atoms with Gasteiger partial charge in [0.15, 0.2) is 0 Å². The molecule has 0 fully saturated rings. The molecule has 0 aliphatic heterocycles. The van der Waals surface area contributed by atoms with Crippen molar-refractivity contribution in [1.82, 2.24) is 5.32 Å². The molecule has 0 bridgehead atoms. The summed E-state index contributed by atoms with van der Waals surface area (Å²) in [7, 11) is 2.87. The number of methoxy groups -OCH3 is 1. The topological polar surface area (TPSA) is 38.3 Å². The third-order valence-corrected chi connectivity index (χ3v) is 2.70. The summed E-state index contributed by atoms with van der Waals surface area (Å²) in [5.74, 6) is 1.51. The van der Waals surface area contributed by atoms with Gasteiger partial charge in [0.25, 0.3) is 0 Å².